The van der Waals surface area contributed by atoms with E-state index in [0.717, 1.165) is 65.0 Å². The van der Waals surface area contributed by atoms with Crippen LogP contribution in [0, 0.1) is 0 Å². The summed E-state index contributed by atoms with van der Waals surface area (Å²) in [5.41, 5.74) is 0.531. The first-order valence-electron chi connectivity index (χ1n) is 10.8. The number of carbonyl (C=O) groups excluding carboxylic acids is 2. The minimum absolute atomic E-state index is 0.00419. The zero-order chi connectivity index (χ0) is 19.3. The normalized spacial score (nSPS) is 24.4. The van der Waals surface area contributed by atoms with E-state index in [0.29, 0.717) is 31.4 Å². The molecule has 1 aromatic rings. The molecule has 3 fully saturated rings. The first kappa shape index (κ1) is 19.4. The molecule has 2 amide bonds. The Morgan fingerprint density at radius 3 is 2.50 bits per heavy atom. The van der Waals surface area contributed by atoms with Gasteiger partial charge in [0.05, 0.1) is 12.6 Å². The molecule has 0 aliphatic carbocycles. The average molecular weight is 389 g/mol. The lowest BCUT2D eigenvalue weighted by atomic mass is 10.1. The summed E-state index contributed by atoms with van der Waals surface area (Å²) < 4.78 is 1.94. The maximum atomic E-state index is 12.8. The van der Waals surface area contributed by atoms with Crippen molar-refractivity contribution in [1.82, 2.24) is 29.8 Å². The molecule has 0 radical (unpaired) electrons. The van der Waals surface area contributed by atoms with Crippen molar-refractivity contribution < 1.29 is 9.59 Å². The fourth-order valence-electron chi connectivity index (χ4n) is 4.42. The zero-order valence-electron chi connectivity index (χ0n) is 16.7. The number of piperidine rings is 2. The van der Waals surface area contributed by atoms with E-state index in [9.17, 15) is 9.59 Å². The topological polar surface area (TPSA) is 73.7 Å². The lowest BCUT2D eigenvalue weighted by molar-refractivity contribution is -0.133. The molecule has 0 spiro atoms. The van der Waals surface area contributed by atoms with E-state index in [1.54, 1.807) is 0 Å². The van der Waals surface area contributed by atoms with Crippen LogP contribution in [-0.2, 0) is 4.79 Å². The lowest BCUT2D eigenvalue weighted by Crippen LogP contribution is -2.52. The van der Waals surface area contributed by atoms with Gasteiger partial charge in [0, 0.05) is 52.0 Å². The fraction of sp³-hybridized carbons (Fsp3) is 0.750. The van der Waals surface area contributed by atoms with Crippen LogP contribution in [0.25, 0.3) is 0 Å². The molecule has 8 heteroatoms. The van der Waals surface area contributed by atoms with Crippen LogP contribution in [0.1, 0.15) is 48.6 Å². The van der Waals surface area contributed by atoms with Crippen molar-refractivity contribution in [3.63, 3.8) is 0 Å². The van der Waals surface area contributed by atoms with E-state index >= 15 is 0 Å². The molecule has 0 bridgehead atoms. The highest BCUT2D eigenvalue weighted by Crippen LogP contribution is 2.17. The number of piperazine rings is 1. The quantitative estimate of drug-likeness (QED) is 0.817. The summed E-state index contributed by atoms with van der Waals surface area (Å²) in [6.45, 7) is 7.07. The van der Waals surface area contributed by atoms with E-state index < -0.39 is 0 Å². The second-order valence-corrected chi connectivity index (χ2v) is 8.19. The van der Waals surface area contributed by atoms with Gasteiger partial charge in [-0.05, 0) is 44.7 Å². The van der Waals surface area contributed by atoms with Gasteiger partial charge in [0.2, 0.25) is 5.91 Å². The Hall–Kier alpha value is -1.93. The van der Waals surface area contributed by atoms with Crippen molar-refractivity contribution in [3.05, 3.63) is 18.0 Å². The summed E-state index contributed by atoms with van der Waals surface area (Å²) in [7, 11) is 0. The summed E-state index contributed by atoms with van der Waals surface area (Å²) in [6.07, 6.45) is 7.66. The number of amides is 2. The Balaban J connectivity index is 1.26. The van der Waals surface area contributed by atoms with Gasteiger partial charge < -0.3 is 15.1 Å². The molecule has 3 aliphatic rings. The van der Waals surface area contributed by atoms with Gasteiger partial charge in [0.25, 0.3) is 5.91 Å². The highest BCUT2D eigenvalue weighted by Gasteiger charge is 2.27. The highest BCUT2D eigenvalue weighted by atomic mass is 16.2. The number of hydrogen-bond donors (Lipinski definition) is 1. The molecule has 28 heavy (non-hydrogen) atoms. The summed E-state index contributed by atoms with van der Waals surface area (Å²) >= 11 is 0. The first-order chi connectivity index (χ1) is 13.7. The van der Waals surface area contributed by atoms with Crippen LogP contribution in [-0.4, -0.2) is 95.2 Å². The summed E-state index contributed by atoms with van der Waals surface area (Å²) in [6, 6.07) is 2.18. The third kappa shape index (κ3) is 4.55. The van der Waals surface area contributed by atoms with Crippen LogP contribution in [0.15, 0.2) is 12.3 Å². The van der Waals surface area contributed by atoms with E-state index in [4.69, 9.17) is 0 Å². The Morgan fingerprint density at radius 1 is 1.00 bits per heavy atom. The molecule has 154 valence electrons. The summed E-state index contributed by atoms with van der Waals surface area (Å²) in [5.74, 6) is 0.240. The van der Waals surface area contributed by atoms with Crippen molar-refractivity contribution in [2.45, 2.75) is 38.1 Å². The lowest BCUT2D eigenvalue weighted by Gasteiger charge is -2.35. The Morgan fingerprint density at radius 2 is 1.79 bits per heavy atom. The van der Waals surface area contributed by atoms with Crippen molar-refractivity contribution in [2.24, 2.45) is 0 Å². The van der Waals surface area contributed by atoms with Crippen LogP contribution in [0.5, 0.6) is 0 Å². The monoisotopic (exact) mass is 388 g/mol. The van der Waals surface area contributed by atoms with Gasteiger partial charge in [-0.2, -0.15) is 5.10 Å². The van der Waals surface area contributed by atoms with Gasteiger partial charge >= 0.3 is 0 Å². The number of rotatable bonds is 4. The molecular weight excluding hydrogens is 356 g/mol. The Labute approximate surface area is 166 Å². The van der Waals surface area contributed by atoms with Crippen LogP contribution >= 0.6 is 0 Å². The zero-order valence-corrected chi connectivity index (χ0v) is 16.7. The Bertz CT molecular complexity index is 670. The third-order valence-corrected chi connectivity index (χ3v) is 6.20. The number of carbonyl (C=O) groups is 2. The molecule has 0 aromatic carbocycles. The standard InChI is InChI=1S/C20H32N6O2/c27-19(24-8-2-1-3-9-24)16-23-11-13-25(14-12-23)20(28)18-6-10-26(22-18)17-5-4-7-21-15-17/h6,10,17,21H,1-5,7-9,11-16H2. The van der Waals surface area contributed by atoms with E-state index in [-0.39, 0.29) is 11.8 Å². The average Bonchev–Trinajstić information content (AvgIpc) is 3.25. The number of likely N-dealkylation sites (tertiary alicyclic amines) is 1. The van der Waals surface area contributed by atoms with Gasteiger partial charge in [-0.25, -0.2) is 0 Å². The summed E-state index contributed by atoms with van der Waals surface area (Å²) in [5, 5.41) is 7.94. The highest BCUT2D eigenvalue weighted by molar-refractivity contribution is 5.92. The predicted molar refractivity (Wildman–Crippen MR) is 106 cm³/mol. The molecular formula is C20H32N6O2. The van der Waals surface area contributed by atoms with Crippen molar-refractivity contribution >= 4 is 11.8 Å². The predicted octanol–water partition coefficient (Wildman–Crippen LogP) is 0.578. The molecule has 1 unspecified atom stereocenters. The number of nitrogens with zero attached hydrogens (tertiary/aromatic N) is 5. The van der Waals surface area contributed by atoms with Crippen LogP contribution in [0.3, 0.4) is 0 Å². The smallest absolute Gasteiger partial charge is 0.274 e. The minimum Gasteiger partial charge on any atom is -0.342 e. The molecule has 4 heterocycles. The SMILES string of the molecule is O=C(CN1CCN(C(=O)c2ccn(C3CCCNC3)n2)CC1)N1CCCCC1. The fourth-order valence-corrected chi connectivity index (χ4v) is 4.42. The minimum atomic E-state index is 0.00419. The van der Waals surface area contributed by atoms with E-state index in [1.807, 2.05) is 26.7 Å². The Kier molecular flexibility index (Phi) is 6.26. The van der Waals surface area contributed by atoms with Crippen LogP contribution < -0.4 is 5.32 Å². The molecule has 3 aliphatic heterocycles. The van der Waals surface area contributed by atoms with Gasteiger partial charge in [-0.15, -0.1) is 0 Å². The molecule has 1 N–H and O–H groups in total. The summed E-state index contributed by atoms with van der Waals surface area (Å²) in [4.78, 5) is 31.3. The molecule has 1 aromatic heterocycles. The van der Waals surface area contributed by atoms with Crippen molar-refractivity contribution in [2.75, 3.05) is 58.9 Å². The van der Waals surface area contributed by atoms with Crippen LogP contribution in [0.4, 0.5) is 0 Å². The van der Waals surface area contributed by atoms with Crippen LogP contribution in [0.2, 0.25) is 0 Å². The van der Waals surface area contributed by atoms with Crippen molar-refractivity contribution in [3.8, 4) is 0 Å². The molecule has 3 saturated heterocycles. The number of hydrogen-bond acceptors (Lipinski definition) is 5. The van der Waals surface area contributed by atoms with Gasteiger partial charge in [0.15, 0.2) is 0 Å². The van der Waals surface area contributed by atoms with Gasteiger partial charge in [-0.1, -0.05) is 0 Å². The number of aromatic nitrogens is 2. The van der Waals surface area contributed by atoms with E-state index in [1.165, 1.54) is 6.42 Å². The van der Waals surface area contributed by atoms with Gasteiger partial charge in [-0.3, -0.25) is 19.2 Å². The third-order valence-electron chi connectivity index (χ3n) is 6.20. The maximum Gasteiger partial charge on any atom is 0.274 e. The van der Waals surface area contributed by atoms with Gasteiger partial charge in [0.1, 0.15) is 5.69 Å². The van der Waals surface area contributed by atoms with E-state index in [2.05, 4.69) is 15.3 Å². The number of nitrogens with one attached hydrogen (secondary N) is 1. The molecule has 0 saturated carbocycles. The molecule has 4 rings (SSSR count). The second-order valence-electron chi connectivity index (χ2n) is 8.19. The largest absolute Gasteiger partial charge is 0.342 e. The second kappa shape index (κ2) is 9.05. The molecule has 8 nitrogen and oxygen atoms in total. The molecule has 1 atom stereocenters. The first-order valence-corrected chi connectivity index (χ1v) is 10.8. The van der Waals surface area contributed by atoms with Crippen molar-refractivity contribution in [1.29, 1.82) is 0 Å². The maximum absolute atomic E-state index is 12.8.